The van der Waals surface area contributed by atoms with E-state index in [0.29, 0.717) is 10.6 Å². The van der Waals surface area contributed by atoms with Crippen LogP contribution < -0.4 is 5.73 Å². The Morgan fingerprint density at radius 3 is 2.65 bits per heavy atom. The third-order valence-corrected chi connectivity index (χ3v) is 5.36. The van der Waals surface area contributed by atoms with Gasteiger partial charge in [0.15, 0.2) is 5.41 Å². The first kappa shape index (κ1) is 14.5. The molecule has 2 aliphatic heterocycles. The molecule has 2 heterocycles. The Morgan fingerprint density at radius 1 is 1.35 bits per heavy atom. The predicted molar refractivity (Wildman–Crippen MR) is 81.1 cm³/mol. The van der Waals surface area contributed by atoms with Gasteiger partial charge >= 0.3 is 0 Å². The minimum absolute atomic E-state index is 0.0700. The van der Waals surface area contributed by atoms with Crippen molar-refractivity contribution in [1.29, 1.82) is 10.5 Å². The molecule has 4 rings (SSSR count). The number of nitriles is 2. The predicted octanol–water partition coefficient (Wildman–Crippen LogP) is 1.92. The highest BCUT2D eigenvalue weighted by atomic mass is 35.5. The molecule has 1 saturated carbocycles. The number of ether oxygens (including phenoxy) is 2. The van der Waals surface area contributed by atoms with Gasteiger partial charge in [-0.3, -0.25) is 0 Å². The van der Waals surface area contributed by atoms with Crippen molar-refractivity contribution in [3.63, 3.8) is 0 Å². The van der Waals surface area contributed by atoms with Crippen molar-refractivity contribution in [2.45, 2.75) is 24.9 Å². The van der Waals surface area contributed by atoms with Crippen molar-refractivity contribution in [2.75, 3.05) is 6.61 Å². The van der Waals surface area contributed by atoms with Crippen LogP contribution in [0.5, 0.6) is 0 Å². The lowest BCUT2D eigenvalue weighted by molar-refractivity contribution is -0.193. The van der Waals surface area contributed by atoms with Crippen molar-refractivity contribution >= 4 is 17.4 Å². The van der Waals surface area contributed by atoms with Gasteiger partial charge in [0, 0.05) is 10.9 Å². The summed E-state index contributed by atoms with van der Waals surface area (Å²) < 4.78 is 11.6. The first-order valence-electron chi connectivity index (χ1n) is 7.23. The molecule has 0 radical (unpaired) electrons. The number of nitrogens with two attached hydrogens (primary N) is 1. The van der Waals surface area contributed by atoms with Crippen LogP contribution >= 0.6 is 11.6 Å². The summed E-state index contributed by atoms with van der Waals surface area (Å²) in [5.41, 5.74) is 4.15. The zero-order valence-corrected chi connectivity index (χ0v) is 13.0. The maximum Gasteiger partial charge on any atom is 0.293 e. The Morgan fingerprint density at radius 2 is 2.09 bits per heavy atom. The summed E-state index contributed by atoms with van der Waals surface area (Å²) in [6.07, 6.45) is -0.237. The number of hydrogen-bond donors (Lipinski definition) is 1. The number of rotatable bonds is 1. The number of hydrogen-bond acceptors (Lipinski definition) is 6. The van der Waals surface area contributed by atoms with E-state index in [0.717, 1.165) is 0 Å². The van der Waals surface area contributed by atoms with E-state index >= 15 is 0 Å². The molecule has 1 aromatic rings. The van der Waals surface area contributed by atoms with E-state index in [2.05, 4.69) is 17.1 Å². The monoisotopic (exact) mass is 328 g/mol. The molecule has 1 spiro atoms. The van der Waals surface area contributed by atoms with Gasteiger partial charge in [0.25, 0.3) is 5.91 Å². The van der Waals surface area contributed by atoms with Crippen LogP contribution in [-0.4, -0.2) is 24.5 Å². The Labute approximate surface area is 138 Å². The summed E-state index contributed by atoms with van der Waals surface area (Å²) in [6, 6.07) is 11.6. The second-order valence-corrected chi connectivity index (χ2v) is 6.52. The summed E-state index contributed by atoms with van der Waals surface area (Å²) in [5, 5.41) is 20.3. The summed E-state index contributed by atoms with van der Waals surface area (Å²) >= 11 is 6.30. The van der Waals surface area contributed by atoms with Crippen LogP contribution in [-0.2, 0) is 9.47 Å². The average Bonchev–Trinajstić information content (AvgIpc) is 2.91. The molecule has 1 saturated heterocycles. The highest BCUT2D eigenvalue weighted by molar-refractivity contribution is 6.31. The quantitative estimate of drug-likeness (QED) is 0.848. The summed E-state index contributed by atoms with van der Waals surface area (Å²) in [6.45, 7) is 2.11. The van der Waals surface area contributed by atoms with Gasteiger partial charge in [0.1, 0.15) is 11.3 Å². The fourth-order valence-electron chi connectivity index (χ4n) is 4.04. The van der Waals surface area contributed by atoms with E-state index < -0.39 is 22.7 Å². The zero-order valence-electron chi connectivity index (χ0n) is 12.3. The molecule has 23 heavy (non-hydrogen) atoms. The van der Waals surface area contributed by atoms with Crippen LogP contribution in [0.1, 0.15) is 18.4 Å². The molecule has 0 unspecified atom stereocenters. The second kappa shape index (κ2) is 4.24. The number of aliphatic imine (C=N–C) groups is 1. The van der Waals surface area contributed by atoms with Crippen LogP contribution in [0.2, 0.25) is 5.02 Å². The van der Waals surface area contributed by atoms with E-state index in [1.807, 2.05) is 13.0 Å². The topological polar surface area (TPSA) is 104 Å². The van der Waals surface area contributed by atoms with Crippen molar-refractivity contribution < 1.29 is 9.47 Å². The van der Waals surface area contributed by atoms with Gasteiger partial charge in [-0.25, -0.2) is 4.99 Å². The fraction of sp³-hybridized carbons (Fsp3) is 0.438. The molecule has 2 fully saturated rings. The normalized spacial score (nSPS) is 43.6. The van der Waals surface area contributed by atoms with Crippen molar-refractivity contribution in [3.05, 3.63) is 34.9 Å². The van der Waals surface area contributed by atoms with Gasteiger partial charge in [0.05, 0.1) is 24.8 Å². The molecular formula is C16H13ClN4O2. The highest BCUT2D eigenvalue weighted by Crippen LogP contribution is 2.82. The Kier molecular flexibility index (Phi) is 2.67. The van der Waals surface area contributed by atoms with Crippen molar-refractivity contribution in [3.8, 4) is 12.1 Å². The third kappa shape index (κ3) is 1.34. The van der Waals surface area contributed by atoms with Gasteiger partial charge in [0.2, 0.25) is 0 Å². The van der Waals surface area contributed by atoms with E-state index in [4.69, 9.17) is 26.8 Å². The number of fused-ring (bicyclic) bond motifs is 2. The minimum atomic E-state index is -1.54. The second-order valence-electron chi connectivity index (χ2n) is 6.11. The molecule has 0 aromatic heterocycles. The number of benzene rings is 1. The minimum Gasteiger partial charge on any atom is -0.386 e. The first-order chi connectivity index (χ1) is 11.0. The summed E-state index contributed by atoms with van der Waals surface area (Å²) in [5.74, 6) is -2.01. The van der Waals surface area contributed by atoms with E-state index in [-0.39, 0.29) is 18.5 Å². The zero-order chi connectivity index (χ0) is 16.5. The Bertz CT molecular complexity index is 828. The van der Waals surface area contributed by atoms with Crippen molar-refractivity contribution in [1.82, 2.24) is 0 Å². The van der Waals surface area contributed by atoms with Crippen LogP contribution in [0, 0.1) is 33.5 Å². The molecule has 1 aromatic carbocycles. The summed E-state index contributed by atoms with van der Waals surface area (Å²) in [4.78, 5) is 4.25. The third-order valence-electron chi connectivity index (χ3n) is 5.02. The largest absolute Gasteiger partial charge is 0.386 e. The number of nitrogens with zero attached hydrogens (tertiary/aromatic N) is 3. The van der Waals surface area contributed by atoms with Crippen LogP contribution in [0.4, 0.5) is 0 Å². The Hall–Kier alpha value is -2.12. The van der Waals surface area contributed by atoms with Crippen LogP contribution in [0.3, 0.4) is 0 Å². The van der Waals surface area contributed by atoms with E-state index in [1.165, 1.54) is 0 Å². The fourth-order valence-corrected chi connectivity index (χ4v) is 4.28. The van der Waals surface area contributed by atoms with Crippen LogP contribution in [0.15, 0.2) is 29.3 Å². The molecule has 1 aliphatic carbocycles. The molecule has 2 N–H and O–H groups in total. The average molecular weight is 329 g/mol. The smallest absolute Gasteiger partial charge is 0.293 e. The SMILES string of the molecule is C[C@H]1CO[C@]2(N=C(N)[C@@]3(C#N)[C@@H](c4ccccc4Cl)[C@@]23C#N)O1. The van der Waals surface area contributed by atoms with Gasteiger partial charge in [-0.15, -0.1) is 0 Å². The molecule has 0 bridgehead atoms. The maximum absolute atomic E-state index is 9.98. The standard InChI is InChI=1S/C16H13ClN4O2/c1-9-6-22-16(23-9)15(8-19)12(10-4-2-3-5-11(10)17)14(15,7-18)13(20)21-16/h2-5,9,12H,6H2,1H3,(H2,20,21)/t9-,12+,14+,15+,16-/m0/s1. The van der Waals surface area contributed by atoms with E-state index in [1.54, 1.807) is 18.2 Å². The number of amidine groups is 1. The molecule has 7 heteroatoms. The van der Waals surface area contributed by atoms with E-state index in [9.17, 15) is 10.5 Å². The molecule has 0 amide bonds. The summed E-state index contributed by atoms with van der Waals surface area (Å²) in [7, 11) is 0. The van der Waals surface area contributed by atoms with Gasteiger partial charge in [-0.2, -0.15) is 10.5 Å². The molecule has 116 valence electrons. The lowest BCUT2D eigenvalue weighted by Crippen LogP contribution is -2.39. The van der Waals surface area contributed by atoms with Gasteiger partial charge < -0.3 is 15.2 Å². The molecule has 3 aliphatic rings. The first-order valence-corrected chi connectivity index (χ1v) is 7.61. The molecular weight excluding hydrogens is 316 g/mol. The molecule has 5 atom stereocenters. The highest BCUT2D eigenvalue weighted by Gasteiger charge is 2.94. The lowest BCUT2D eigenvalue weighted by Gasteiger charge is -2.26. The van der Waals surface area contributed by atoms with Crippen LogP contribution in [0.25, 0.3) is 0 Å². The Balaban J connectivity index is 1.95. The lowest BCUT2D eigenvalue weighted by atomic mass is 9.94. The van der Waals surface area contributed by atoms with Crippen molar-refractivity contribution in [2.24, 2.45) is 21.6 Å². The maximum atomic E-state index is 9.98. The molecule has 6 nitrogen and oxygen atoms in total. The van der Waals surface area contributed by atoms with Gasteiger partial charge in [-0.05, 0) is 18.6 Å². The number of halogens is 1. The van der Waals surface area contributed by atoms with Gasteiger partial charge in [-0.1, -0.05) is 29.8 Å².